The van der Waals surface area contributed by atoms with Gasteiger partial charge < -0.3 is 19.5 Å². The largest absolute Gasteiger partial charge is 0.493 e. The second-order valence-corrected chi connectivity index (χ2v) is 7.69. The zero-order valence-electron chi connectivity index (χ0n) is 16.6. The molecule has 162 valence electrons. The zero-order chi connectivity index (χ0) is 20.9. The molecule has 5 nitrogen and oxygen atoms in total. The molecule has 1 aromatic rings. The van der Waals surface area contributed by atoms with Crippen molar-refractivity contribution < 1.29 is 32.2 Å². The van der Waals surface area contributed by atoms with E-state index in [1.165, 1.54) is 7.11 Å². The molecule has 1 saturated heterocycles. The van der Waals surface area contributed by atoms with Crippen LogP contribution in [-0.2, 0) is 16.1 Å². The first kappa shape index (κ1) is 21.7. The summed E-state index contributed by atoms with van der Waals surface area (Å²) in [5, 5.41) is 2.66. The minimum absolute atomic E-state index is 0.0200. The topological polar surface area (TPSA) is 56.8 Å². The summed E-state index contributed by atoms with van der Waals surface area (Å²) >= 11 is 0. The van der Waals surface area contributed by atoms with E-state index in [2.05, 4.69) is 5.32 Å². The molecule has 29 heavy (non-hydrogen) atoms. The van der Waals surface area contributed by atoms with Gasteiger partial charge in [-0.3, -0.25) is 4.79 Å². The van der Waals surface area contributed by atoms with E-state index >= 15 is 0 Å². The summed E-state index contributed by atoms with van der Waals surface area (Å²) < 4.78 is 56.3. The fraction of sp³-hybridized carbons (Fsp3) is 0.667. The molecule has 2 fully saturated rings. The van der Waals surface area contributed by atoms with Gasteiger partial charge in [-0.2, -0.15) is 13.2 Å². The molecule has 2 aliphatic rings. The monoisotopic (exact) mass is 415 g/mol. The predicted octanol–water partition coefficient (Wildman–Crippen LogP) is 4.24. The average Bonchev–Trinajstić information content (AvgIpc) is 3.23. The highest BCUT2D eigenvalue weighted by Gasteiger charge is 2.47. The summed E-state index contributed by atoms with van der Waals surface area (Å²) in [7, 11) is 1.52. The van der Waals surface area contributed by atoms with Crippen LogP contribution in [-0.4, -0.2) is 38.5 Å². The van der Waals surface area contributed by atoms with Gasteiger partial charge in [0.25, 0.3) is 0 Å². The molecule has 1 heterocycles. The van der Waals surface area contributed by atoms with E-state index in [-0.39, 0.29) is 25.5 Å². The van der Waals surface area contributed by atoms with Crippen LogP contribution in [0.2, 0.25) is 0 Å². The van der Waals surface area contributed by atoms with E-state index < -0.39 is 23.9 Å². The van der Waals surface area contributed by atoms with E-state index in [4.69, 9.17) is 14.2 Å². The Bertz CT molecular complexity index is 689. The van der Waals surface area contributed by atoms with Crippen molar-refractivity contribution in [3.63, 3.8) is 0 Å². The normalized spacial score (nSPS) is 24.9. The Morgan fingerprint density at radius 2 is 1.97 bits per heavy atom. The number of ether oxygens (including phenoxy) is 3. The molecule has 1 amide bonds. The lowest BCUT2D eigenvalue weighted by Crippen LogP contribution is -2.42. The van der Waals surface area contributed by atoms with Crippen molar-refractivity contribution in [3.05, 3.63) is 23.8 Å². The fourth-order valence-electron chi connectivity index (χ4n) is 4.06. The maximum Gasteiger partial charge on any atom is 0.392 e. The fourth-order valence-corrected chi connectivity index (χ4v) is 4.06. The molecular formula is C21H28F3NO4. The molecule has 0 radical (unpaired) electrons. The van der Waals surface area contributed by atoms with Gasteiger partial charge in [0.1, 0.15) is 6.61 Å². The molecule has 1 aliphatic heterocycles. The first-order valence-electron chi connectivity index (χ1n) is 10.1. The van der Waals surface area contributed by atoms with Crippen LogP contribution in [0.15, 0.2) is 18.2 Å². The summed E-state index contributed by atoms with van der Waals surface area (Å²) in [6.45, 7) is 1.33. The molecule has 1 saturated carbocycles. The summed E-state index contributed by atoms with van der Waals surface area (Å²) in [5.41, 5.74) is 0.735. The van der Waals surface area contributed by atoms with Gasteiger partial charge in [-0.1, -0.05) is 18.9 Å². The Morgan fingerprint density at radius 3 is 2.66 bits per heavy atom. The van der Waals surface area contributed by atoms with Gasteiger partial charge in [0.15, 0.2) is 11.5 Å². The van der Waals surface area contributed by atoms with Crippen molar-refractivity contribution >= 4 is 5.91 Å². The highest BCUT2D eigenvalue weighted by molar-refractivity contribution is 5.79. The molecule has 3 unspecified atom stereocenters. The molecule has 0 spiro atoms. The maximum atomic E-state index is 13.2. The van der Waals surface area contributed by atoms with Crippen LogP contribution in [0, 0.1) is 11.8 Å². The Kier molecular flexibility index (Phi) is 7.27. The number of alkyl halides is 3. The van der Waals surface area contributed by atoms with Crippen molar-refractivity contribution in [2.45, 2.75) is 57.3 Å². The summed E-state index contributed by atoms with van der Waals surface area (Å²) in [6.07, 6.45) is -0.814. The first-order valence-corrected chi connectivity index (χ1v) is 10.1. The molecule has 8 heteroatoms. The van der Waals surface area contributed by atoms with Gasteiger partial charge in [0, 0.05) is 19.1 Å². The molecule has 1 aromatic carbocycles. The minimum Gasteiger partial charge on any atom is -0.493 e. The lowest BCUT2D eigenvalue weighted by atomic mass is 9.78. The standard InChI is InChI=1S/C21H28F3NO4/c1-27-19-11-14(8-9-18(19)29-13-15-5-4-10-28-15)12-25-20(26)16-6-2-3-7-17(16)21(22,23)24/h8-9,11,15-17H,2-7,10,12-13H2,1H3,(H,25,26). The van der Waals surface area contributed by atoms with E-state index in [1.54, 1.807) is 18.2 Å². The summed E-state index contributed by atoms with van der Waals surface area (Å²) in [4.78, 5) is 12.4. The maximum absolute atomic E-state index is 13.2. The summed E-state index contributed by atoms with van der Waals surface area (Å²) in [5.74, 6) is -2.02. The van der Waals surface area contributed by atoms with Crippen LogP contribution >= 0.6 is 0 Å². The Hall–Kier alpha value is -1.96. The van der Waals surface area contributed by atoms with E-state index in [0.717, 1.165) is 25.0 Å². The van der Waals surface area contributed by atoms with Crippen LogP contribution in [0.25, 0.3) is 0 Å². The van der Waals surface area contributed by atoms with Crippen molar-refractivity contribution in [1.29, 1.82) is 0 Å². The smallest absolute Gasteiger partial charge is 0.392 e. The number of methoxy groups -OCH3 is 1. The van der Waals surface area contributed by atoms with E-state index in [0.29, 0.717) is 30.9 Å². The molecule has 3 rings (SSSR count). The molecule has 1 aliphatic carbocycles. The van der Waals surface area contributed by atoms with Crippen LogP contribution in [0.5, 0.6) is 11.5 Å². The SMILES string of the molecule is COc1cc(CNC(=O)C2CCCCC2C(F)(F)F)ccc1OCC1CCCO1. The highest BCUT2D eigenvalue weighted by atomic mass is 19.4. The number of nitrogens with one attached hydrogen (secondary N) is 1. The van der Waals surface area contributed by atoms with E-state index in [9.17, 15) is 18.0 Å². The Labute approximate surface area is 168 Å². The third-order valence-electron chi connectivity index (χ3n) is 5.67. The predicted molar refractivity (Wildman–Crippen MR) is 101 cm³/mol. The third-order valence-corrected chi connectivity index (χ3v) is 5.67. The average molecular weight is 415 g/mol. The first-order chi connectivity index (χ1) is 13.9. The minimum atomic E-state index is -4.34. The van der Waals surface area contributed by atoms with Crippen molar-refractivity contribution in [3.8, 4) is 11.5 Å². The van der Waals surface area contributed by atoms with Crippen LogP contribution in [0.1, 0.15) is 44.1 Å². The van der Waals surface area contributed by atoms with Crippen LogP contribution < -0.4 is 14.8 Å². The van der Waals surface area contributed by atoms with Gasteiger partial charge >= 0.3 is 6.18 Å². The van der Waals surface area contributed by atoms with Gasteiger partial charge in [-0.25, -0.2) is 0 Å². The van der Waals surface area contributed by atoms with Crippen molar-refractivity contribution in [2.75, 3.05) is 20.3 Å². The number of carbonyl (C=O) groups is 1. The van der Waals surface area contributed by atoms with Crippen LogP contribution in [0.4, 0.5) is 13.2 Å². The highest BCUT2D eigenvalue weighted by Crippen LogP contribution is 2.41. The molecule has 0 aromatic heterocycles. The van der Waals surface area contributed by atoms with Gasteiger partial charge in [0.05, 0.1) is 19.1 Å². The van der Waals surface area contributed by atoms with Crippen molar-refractivity contribution in [2.24, 2.45) is 11.8 Å². The Morgan fingerprint density at radius 1 is 1.17 bits per heavy atom. The number of amides is 1. The lowest BCUT2D eigenvalue weighted by molar-refractivity contribution is -0.198. The lowest BCUT2D eigenvalue weighted by Gasteiger charge is -2.32. The van der Waals surface area contributed by atoms with Crippen molar-refractivity contribution in [1.82, 2.24) is 5.32 Å². The van der Waals surface area contributed by atoms with E-state index in [1.807, 2.05) is 0 Å². The number of benzene rings is 1. The Balaban J connectivity index is 1.57. The molecular weight excluding hydrogens is 387 g/mol. The number of carbonyl (C=O) groups excluding carboxylic acids is 1. The third kappa shape index (κ3) is 5.78. The number of hydrogen-bond acceptors (Lipinski definition) is 4. The second-order valence-electron chi connectivity index (χ2n) is 7.69. The quantitative estimate of drug-likeness (QED) is 0.724. The zero-order valence-corrected chi connectivity index (χ0v) is 16.6. The second kappa shape index (κ2) is 9.69. The van der Waals surface area contributed by atoms with Gasteiger partial charge in [-0.05, 0) is 43.4 Å². The molecule has 1 N–H and O–H groups in total. The number of hydrogen-bond donors (Lipinski definition) is 1. The molecule has 0 bridgehead atoms. The van der Waals surface area contributed by atoms with Crippen LogP contribution in [0.3, 0.4) is 0 Å². The number of rotatable bonds is 7. The summed E-state index contributed by atoms with van der Waals surface area (Å²) in [6, 6.07) is 5.25. The number of halogens is 3. The van der Waals surface area contributed by atoms with Gasteiger partial charge in [0.2, 0.25) is 5.91 Å². The molecule has 3 atom stereocenters. The van der Waals surface area contributed by atoms with Gasteiger partial charge in [-0.15, -0.1) is 0 Å².